The number of hydrogen-bond donors (Lipinski definition) is 1. The molecule has 0 aliphatic rings. The molecular formula is C14H20ClN3O2. The van der Waals surface area contributed by atoms with Crippen LogP contribution >= 0.6 is 12.4 Å². The molecule has 2 N–H and O–H groups in total. The van der Waals surface area contributed by atoms with Gasteiger partial charge >= 0.3 is 0 Å². The van der Waals surface area contributed by atoms with E-state index in [-0.39, 0.29) is 23.9 Å². The molecule has 1 aromatic heterocycles. The number of hydrogen-bond acceptors (Lipinski definition) is 5. The van der Waals surface area contributed by atoms with Crippen LogP contribution in [0.25, 0.3) is 11.4 Å². The van der Waals surface area contributed by atoms with Gasteiger partial charge in [0.15, 0.2) is 0 Å². The Balaban J connectivity index is 0.00000200. The summed E-state index contributed by atoms with van der Waals surface area (Å²) in [6.45, 7) is 6.11. The van der Waals surface area contributed by atoms with E-state index in [2.05, 4.69) is 10.1 Å². The van der Waals surface area contributed by atoms with Gasteiger partial charge in [0.25, 0.3) is 0 Å². The zero-order valence-corrected chi connectivity index (χ0v) is 12.9. The van der Waals surface area contributed by atoms with Crippen LogP contribution in [0.2, 0.25) is 0 Å². The van der Waals surface area contributed by atoms with Crippen molar-refractivity contribution in [2.75, 3.05) is 7.11 Å². The van der Waals surface area contributed by atoms with Crippen molar-refractivity contribution in [3.05, 3.63) is 30.2 Å². The van der Waals surface area contributed by atoms with Gasteiger partial charge in [0.1, 0.15) is 5.75 Å². The number of aromatic nitrogens is 2. The number of rotatable bonds is 3. The summed E-state index contributed by atoms with van der Waals surface area (Å²) in [5, 5.41) is 3.97. The van der Waals surface area contributed by atoms with E-state index >= 15 is 0 Å². The van der Waals surface area contributed by atoms with Gasteiger partial charge in [0, 0.05) is 5.56 Å². The van der Waals surface area contributed by atoms with Crippen LogP contribution in [0.15, 0.2) is 28.8 Å². The van der Waals surface area contributed by atoms with E-state index in [4.69, 9.17) is 15.0 Å². The Morgan fingerprint density at radius 2 is 1.80 bits per heavy atom. The molecule has 0 fully saturated rings. The standard InChI is InChI=1S/C14H19N3O2.ClH/c1-14(2,3)11(15)13-16-12(17-19-13)9-5-7-10(18-4)8-6-9;/h5-8,11H,15H2,1-4H3;1H. The summed E-state index contributed by atoms with van der Waals surface area (Å²) in [5.41, 5.74) is 6.84. The van der Waals surface area contributed by atoms with E-state index in [1.165, 1.54) is 0 Å². The quantitative estimate of drug-likeness (QED) is 0.941. The van der Waals surface area contributed by atoms with Gasteiger partial charge in [-0.1, -0.05) is 25.9 Å². The Morgan fingerprint density at radius 1 is 1.20 bits per heavy atom. The van der Waals surface area contributed by atoms with Crippen LogP contribution in [0.3, 0.4) is 0 Å². The molecule has 0 aliphatic heterocycles. The van der Waals surface area contributed by atoms with Crippen molar-refractivity contribution in [1.29, 1.82) is 0 Å². The highest BCUT2D eigenvalue weighted by Crippen LogP contribution is 2.30. The normalized spacial score (nSPS) is 12.7. The monoisotopic (exact) mass is 297 g/mol. The molecule has 0 saturated heterocycles. The third-order valence-corrected chi connectivity index (χ3v) is 2.99. The molecule has 1 aromatic carbocycles. The second-order valence-corrected chi connectivity index (χ2v) is 5.53. The average molecular weight is 298 g/mol. The summed E-state index contributed by atoms with van der Waals surface area (Å²) in [7, 11) is 1.63. The highest BCUT2D eigenvalue weighted by molar-refractivity contribution is 5.85. The maximum Gasteiger partial charge on any atom is 0.244 e. The van der Waals surface area contributed by atoms with Crippen molar-refractivity contribution in [2.24, 2.45) is 11.1 Å². The smallest absolute Gasteiger partial charge is 0.244 e. The second kappa shape index (κ2) is 6.24. The number of methoxy groups -OCH3 is 1. The predicted octanol–water partition coefficient (Wildman–Crippen LogP) is 3.21. The van der Waals surface area contributed by atoms with Crippen molar-refractivity contribution < 1.29 is 9.26 Å². The average Bonchev–Trinajstić information content (AvgIpc) is 2.86. The molecule has 0 saturated carbocycles. The van der Waals surface area contributed by atoms with Crippen LogP contribution in [0, 0.1) is 5.41 Å². The minimum absolute atomic E-state index is 0. The lowest BCUT2D eigenvalue weighted by Crippen LogP contribution is -2.26. The topological polar surface area (TPSA) is 74.2 Å². The van der Waals surface area contributed by atoms with E-state index in [1.54, 1.807) is 7.11 Å². The molecule has 110 valence electrons. The lowest BCUT2D eigenvalue weighted by Gasteiger charge is -2.23. The fourth-order valence-corrected chi connectivity index (χ4v) is 1.59. The zero-order valence-electron chi connectivity index (χ0n) is 12.1. The van der Waals surface area contributed by atoms with Gasteiger partial charge in [0.05, 0.1) is 13.2 Å². The lowest BCUT2D eigenvalue weighted by atomic mass is 9.87. The minimum atomic E-state index is -0.285. The first-order chi connectivity index (χ1) is 8.91. The Kier molecular flexibility index (Phi) is 5.14. The summed E-state index contributed by atoms with van der Waals surface area (Å²) < 4.78 is 10.4. The van der Waals surface area contributed by atoms with Crippen LogP contribution < -0.4 is 10.5 Å². The molecular weight excluding hydrogens is 278 g/mol. The SMILES string of the molecule is COc1ccc(-c2noc(C(N)C(C)(C)C)n2)cc1.Cl. The number of halogens is 1. The molecule has 0 spiro atoms. The molecule has 5 nitrogen and oxygen atoms in total. The van der Waals surface area contributed by atoms with Crippen molar-refractivity contribution in [3.8, 4) is 17.1 Å². The van der Waals surface area contributed by atoms with Crippen molar-refractivity contribution in [1.82, 2.24) is 10.1 Å². The Labute approximate surface area is 124 Å². The molecule has 0 bridgehead atoms. The minimum Gasteiger partial charge on any atom is -0.497 e. The van der Waals surface area contributed by atoms with Crippen LogP contribution in [-0.4, -0.2) is 17.3 Å². The van der Waals surface area contributed by atoms with E-state index in [0.717, 1.165) is 11.3 Å². The third-order valence-electron chi connectivity index (χ3n) is 2.99. The molecule has 0 aliphatic carbocycles. The van der Waals surface area contributed by atoms with Gasteiger partial charge in [-0.15, -0.1) is 12.4 Å². The van der Waals surface area contributed by atoms with E-state index in [9.17, 15) is 0 Å². The summed E-state index contributed by atoms with van der Waals surface area (Å²) >= 11 is 0. The summed E-state index contributed by atoms with van der Waals surface area (Å²) in [5.74, 6) is 1.79. The molecule has 2 rings (SSSR count). The highest BCUT2D eigenvalue weighted by Gasteiger charge is 2.27. The Hall–Kier alpha value is -1.59. The number of benzene rings is 1. The molecule has 20 heavy (non-hydrogen) atoms. The molecule has 0 amide bonds. The van der Waals surface area contributed by atoms with Crippen molar-refractivity contribution in [3.63, 3.8) is 0 Å². The van der Waals surface area contributed by atoms with Gasteiger partial charge in [-0.2, -0.15) is 4.98 Å². The first-order valence-corrected chi connectivity index (χ1v) is 6.15. The second-order valence-electron chi connectivity index (χ2n) is 5.53. The maximum absolute atomic E-state index is 6.09. The van der Waals surface area contributed by atoms with E-state index < -0.39 is 0 Å². The summed E-state index contributed by atoms with van der Waals surface area (Å²) in [6, 6.07) is 7.20. The molecule has 2 aromatic rings. The zero-order chi connectivity index (χ0) is 14.0. The fourth-order valence-electron chi connectivity index (χ4n) is 1.59. The molecule has 6 heteroatoms. The molecule has 0 radical (unpaired) electrons. The maximum atomic E-state index is 6.09. The third kappa shape index (κ3) is 3.49. The number of ether oxygens (including phenoxy) is 1. The Morgan fingerprint density at radius 3 is 2.30 bits per heavy atom. The van der Waals surface area contributed by atoms with Gasteiger partial charge < -0.3 is 15.0 Å². The van der Waals surface area contributed by atoms with Crippen molar-refractivity contribution >= 4 is 12.4 Å². The van der Waals surface area contributed by atoms with Crippen LogP contribution in [0.4, 0.5) is 0 Å². The predicted molar refractivity (Wildman–Crippen MR) is 79.9 cm³/mol. The van der Waals surface area contributed by atoms with Gasteiger partial charge in [-0.25, -0.2) is 0 Å². The molecule has 1 unspecified atom stereocenters. The number of nitrogens with two attached hydrogens (primary N) is 1. The van der Waals surface area contributed by atoms with Crippen LogP contribution in [0.1, 0.15) is 32.7 Å². The first kappa shape index (κ1) is 16.5. The molecule has 1 atom stereocenters. The first-order valence-electron chi connectivity index (χ1n) is 6.15. The summed E-state index contributed by atoms with van der Waals surface area (Å²) in [4.78, 5) is 4.36. The van der Waals surface area contributed by atoms with E-state index in [1.807, 2.05) is 45.0 Å². The van der Waals surface area contributed by atoms with Gasteiger partial charge in [-0.05, 0) is 29.7 Å². The van der Waals surface area contributed by atoms with Gasteiger partial charge in [-0.3, -0.25) is 0 Å². The lowest BCUT2D eigenvalue weighted by molar-refractivity contribution is 0.253. The fraction of sp³-hybridized carbons (Fsp3) is 0.429. The number of nitrogens with zero attached hydrogens (tertiary/aromatic N) is 2. The largest absolute Gasteiger partial charge is 0.497 e. The van der Waals surface area contributed by atoms with Crippen LogP contribution in [-0.2, 0) is 0 Å². The molecule has 1 heterocycles. The van der Waals surface area contributed by atoms with E-state index in [0.29, 0.717) is 11.7 Å². The Bertz CT molecular complexity index is 546. The van der Waals surface area contributed by atoms with Gasteiger partial charge in [0.2, 0.25) is 11.7 Å². The summed E-state index contributed by atoms with van der Waals surface area (Å²) in [6.07, 6.45) is 0. The van der Waals surface area contributed by atoms with Crippen molar-refractivity contribution in [2.45, 2.75) is 26.8 Å². The highest BCUT2D eigenvalue weighted by atomic mass is 35.5. The van der Waals surface area contributed by atoms with Crippen LogP contribution in [0.5, 0.6) is 5.75 Å².